The molecule has 0 atom stereocenters. The smallest absolute Gasteiger partial charge is 0.183 e. The molecule has 0 aromatic heterocycles. The van der Waals surface area contributed by atoms with Gasteiger partial charge in [0.25, 0.3) is 0 Å². The second-order valence-electron chi connectivity index (χ2n) is 4.35. The normalized spacial score (nSPS) is 10.9. The minimum absolute atomic E-state index is 0.0976. The maximum atomic E-state index is 13.4. The molecule has 0 aliphatic heterocycles. The summed E-state index contributed by atoms with van der Waals surface area (Å²) in [6, 6.07) is 4.77. The van der Waals surface area contributed by atoms with Gasteiger partial charge in [0, 0.05) is 0 Å². The Morgan fingerprint density at radius 3 is 2.88 bits per heavy atom. The summed E-state index contributed by atoms with van der Waals surface area (Å²) >= 11 is 5.64. The number of ether oxygens (including phenoxy) is 1. The van der Waals surface area contributed by atoms with Gasteiger partial charge >= 0.3 is 0 Å². The number of hydrogen-bond acceptors (Lipinski definition) is 2. The first-order valence-electron chi connectivity index (χ1n) is 5.88. The van der Waals surface area contributed by atoms with Crippen LogP contribution < -0.4 is 10.1 Å². The van der Waals surface area contributed by atoms with Crippen LogP contribution in [0.25, 0.3) is 0 Å². The van der Waals surface area contributed by atoms with Gasteiger partial charge < -0.3 is 10.1 Å². The summed E-state index contributed by atoms with van der Waals surface area (Å²) in [5.74, 6) is 0.381. The van der Waals surface area contributed by atoms with E-state index in [0.29, 0.717) is 12.5 Å². The van der Waals surface area contributed by atoms with Crippen molar-refractivity contribution in [1.29, 1.82) is 0 Å². The maximum Gasteiger partial charge on any atom is 0.183 e. The SMILES string of the molecule is CC(C)CNCCCOc1cccc(Cl)c1F. The Morgan fingerprint density at radius 2 is 2.18 bits per heavy atom. The molecule has 0 saturated heterocycles. The monoisotopic (exact) mass is 259 g/mol. The summed E-state index contributed by atoms with van der Waals surface area (Å²) in [4.78, 5) is 0. The van der Waals surface area contributed by atoms with Crippen molar-refractivity contribution < 1.29 is 9.13 Å². The van der Waals surface area contributed by atoms with Crippen LogP contribution in [0.5, 0.6) is 5.75 Å². The highest BCUT2D eigenvalue weighted by atomic mass is 35.5. The maximum absolute atomic E-state index is 13.4. The van der Waals surface area contributed by atoms with Gasteiger partial charge in [-0.2, -0.15) is 0 Å². The third kappa shape index (κ3) is 5.37. The summed E-state index contributed by atoms with van der Waals surface area (Å²) < 4.78 is 18.7. The van der Waals surface area contributed by atoms with E-state index in [1.807, 2.05) is 0 Å². The molecule has 0 amide bonds. The Morgan fingerprint density at radius 1 is 1.41 bits per heavy atom. The van der Waals surface area contributed by atoms with Gasteiger partial charge in [-0.25, -0.2) is 4.39 Å². The van der Waals surface area contributed by atoms with E-state index in [4.69, 9.17) is 16.3 Å². The number of hydrogen-bond donors (Lipinski definition) is 1. The minimum Gasteiger partial charge on any atom is -0.490 e. The molecule has 1 aromatic rings. The van der Waals surface area contributed by atoms with Crippen LogP contribution >= 0.6 is 11.6 Å². The van der Waals surface area contributed by atoms with Crippen molar-refractivity contribution in [1.82, 2.24) is 5.32 Å². The molecule has 0 radical (unpaired) electrons. The molecule has 2 nitrogen and oxygen atoms in total. The zero-order chi connectivity index (χ0) is 12.7. The number of rotatable bonds is 7. The second kappa shape index (κ2) is 7.51. The van der Waals surface area contributed by atoms with Gasteiger partial charge in [-0.15, -0.1) is 0 Å². The number of nitrogens with one attached hydrogen (secondary N) is 1. The lowest BCUT2D eigenvalue weighted by Crippen LogP contribution is -2.22. The standard InChI is InChI=1S/C13H19ClFNO/c1-10(2)9-16-7-4-8-17-12-6-3-5-11(14)13(12)15/h3,5-6,10,16H,4,7-9H2,1-2H3. The molecule has 0 aliphatic rings. The van der Waals surface area contributed by atoms with E-state index in [0.717, 1.165) is 19.5 Å². The first-order valence-corrected chi connectivity index (χ1v) is 6.26. The van der Waals surface area contributed by atoms with Crippen molar-refractivity contribution in [3.63, 3.8) is 0 Å². The Labute approximate surface area is 107 Å². The fraction of sp³-hybridized carbons (Fsp3) is 0.538. The molecule has 0 fully saturated rings. The average Bonchev–Trinajstić information content (AvgIpc) is 2.28. The summed E-state index contributed by atoms with van der Waals surface area (Å²) in [6.07, 6.45) is 0.846. The Bertz CT molecular complexity index is 344. The lowest BCUT2D eigenvalue weighted by atomic mass is 10.2. The van der Waals surface area contributed by atoms with E-state index in [1.165, 1.54) is 6.07 Å². The highest BCUT2D eigenvalue weighted by molar-refractivity contribution is 6.30. The van der Waals surface area contributed by atoms with Gasteiger partial charge in [-0.05, 0) is 37.6 Å². The molecule has 4 heteroatoms. The summed E-state index contributed by atoms with van der Waals surface area (Å²) in [5, 5.41) is 3.39. The first-order chi connectivity index (χ1) is 8.11. The van der Waals surface area contributed by atoms with Crippen molar-refractivity contribution in [3.05, 3.63) is 29.0 Å². The fourth-order valence-corrected chi connectivity index (χ4v) is 1.53. The molecule has 0 aliphatic carbocycles. The average molecular weight is 260 g/mol. The Balaban J connectivity index is 2.20. The second-order valence-corrected chi connectivity index (χ2v) is 4.76. The van der Waals surface area contributed by atoms with Crippen molar-refractivity contribution in [2.45, 2.75) is 20.3 Å². The van der Waals surface area contributed by atoms with Crippen molar-refractivity contribution in [3.8, 4) is 5.75 Å². The van der Waals surface area contributed by atoms with Crippen molar-refractivity contribution in [2.24, 2.45) is 5.92 Å². The van der Waals surface area contributed by atoms with Gasteiger partial charge in [-0.3, -0.25) is 0 Å². The molecule has 0 spiro atoms. The van der Waals surface area contributed by atoms with Crippen LogP contribution in [0.2, 0.25) is 5.02 Å². The predicted molar refractivity (Wildman–Crippen MR) is 69.2 cm³/mol. The third-order valence-corrected chi connectivity index (χ3v) is 2.52. The van der Waals surface area contributed by atoms with E-state index >= 15 is 0 Å². The van der Waals surface area contributed by atoms with Crippen molar-refractivity contribution in [2.75, 3.05) is 19.7 Å². The Kier molecular flexibility index (Phi) is 6.30. The van der Waals surface area contributed by atoms with Crippen LogP contribution in [0.15, 0.2) is 18.2 Å². The molecule has 0 heterocycles. The highest BCUT2D eigenvalue weighted by Crippen LogP contribution is 2.23. The van der Waals surface area contributed by atoms with Crippen LogP contribution in [0.4, 0.5) is 4.39 Å². The van der Waals surface area contributed by atoms with Crippen LogP contribution in [-0.4, -0.2) is 19.7 Å². The highest BCUT2D eigenvalue weighted by Gasteiger charge is 2.06. The lowest BCUT2D eigenvalue weighted by molar-refractivity contribution is 0.292. The first kappa shape index (κ1) is 14.3. The summed E-state index contributed by atoms with van der Waals surface area (Å²) in [6.45, 7) is 6.67. The van der Waals surface area contributed by atoms with Crippen LogP contribution in [-0.2, 0) is 0 Å². The fourth-order valence-electron chi connectivity index (χ4n) is 1.37. The molecule has 1 aromatic carbocycles. The number of halogens is 2. The molecule has 1 N–H and O–H groups in total. The molecule has 0 unspecified atom stereocenters. The van der Waals surface area contributed by atoms with Gasteiger partial charge in [-0.1, -0.05) is 31.5 Å². The zero-order valence-corrected chi connectivity index (χ0v) is 11.1. The Hall–Kier alpha value is -0.800. The van der Waals surface area contributed by atoms with Gasteiger partial charge in [0.15, 0.2) is 11.6 Å². The zero-order valence-electron chi connectivity index (χ0n) is 10.3. The number of benzene rings is 1. The molecule has 17 heavy (non-hydrogen) atoms. The lowest BCUT2D eigenvalue weighted by Gasteiger charge is -2.09. The largest absolute Gasteiger partial charge is 0.490 e. The van der Waals surface area contributed by atoms with E-state index in [1.54, 1.807) is 12.1 Å². The third-order valence-electron chi connectivity index (χ3n) is 2.22. The van der Waals surface area contributed by atoms with E-state index in [2.05, 4.69) is 19.2 Å². The summed E-state index contributed by atoms with van der Waals surface area (Å²) in [5.41, 5.74) is 0. The quantitative estimate of drug-likeness (QED) is 0.757. The van der Waals surface area contributed by atoms with Gasteiger partial charge in [0.1, 0.15) is 0 Å². The molecule has 96 valence electrons. The van der Waals surface area contributed by atoms with Gasteiger partial charge in [0.05, 0.1) is 11.6 Å². The molecular weight excluding hydrogens is 241 g/mol. The minimum atomic E-state index is -0.482. The van der Waals surface area contributed by atoms with Crippen LogP contribution in [0, 0.1) is 11.7 Å². The van der Waals surface area contributed by atoms with E-state index in [9.17, 15) is 4.39 Å². The molecule has 0 bridgehead atoms. The van der Waals surface area contributed by atoms with E-state index in [-0.39, 0.29) is 10.8 Å². The molecular formula is C13H19ClFNO. The summed E-state index contributed by atoms with van der Waals surface area (Å²) in [7, 11) is 0. The topological polar surface area (TPSA) is 21.3 Å². The van der Waals surface area contributed by atoms with Crippen molar-refractivity contribution >= 4 is 11.6 Å². The van der Waals surface area contributed by atoms with Crippen LogP contribution in [0.3, 0.4) is 0 Å². The molecule has 1 rings (SSSR count). The molecule has 0 saturated carbocycles. The van der Waals surface area contributed by atoms with E-state index < -0.39 is 5.82 Å². The van der Waals surface area contributed by atoms with Crippen LogP contribution in [0.1, 0.15) is 20.3 Å². The van der Waals surface area contributed by atoms with Gasteiger partial charge in [0.2, 0.25) is 0 Å². The predicted octanol–water partition coefficient (Wildman–Crippen LogP) is 3.49.